The Morgan fingerprint density at radius 3 is 2.45 bits per heavy atom. The normalized spacial score (nSPS) is 10.6. The van der Waals surface area contributed by atoms with E-state index in [2.05, 4.69) is 15.8 Å². The van der Waals surface area contributed by atoms with Gasteiger partial charge in [-0.15, -0.1) is 0 Å². The zero-order valence-electron chi connectivity index (χ0n) is 15.8. The summed E-state index contributed by atoms with van der Waals surface area (Å²) >= 11 is 5.29. The first kappa shape index (κ1) is 20.5. The Morgan fingerprint density at radius 2 is 1.66 bits per heavy atom. The molecule has 0 spiro atoms. The van der Waals surface area contributed by atoms with Crippen LogP contribution in [-0.2, 0) is 11.3 Å². The number of fused-ring (bicyclic) bond motifs is 1. The van der Waals surface area contributed by atoms with Crippen molar-refractivity contribution < 1.29 is 9.59 Å². The summed E-state index contributed by atoms with van der Waals surface area (Å²) in [7, 11) is 0. The fourth-order valence-corrected chi connectivity index (χ4v) is 3.27. The van der Waals surface area contributed by atoms with E-state index in [1.807, 2.05) is 24.3 Å². The molecule has 0 unspecified atom stereocenters. The van der Waals surface area contributed by atoms with Crippen LogP contribution in [0.1, 0.15) is 36.0 Å². The summed E-state index contributed by atoms with van der Waals surface area (Å²) < 4.78 is 1.95. The van der Waals surface area contributed by atoms with Gasteiger partial charge in [0.15, 0.2) is 4.77 Å². The Hall–Kier alpha value is -3.26. The van der Waals surface area contributed by atoms with Gasteiger partial charge in [0.05, 0.1) is 10.9 Å². The molecule has 29 heavy (non-hydrogen) atoms. The van der Waals surface area contributed by atoms with Crippen LogP contribution in [0.2, 0.25) is 0 Å². The highest BCUT2D eigenvalue weighted by Crippen LogP contribution is 2.07. The summed E-state index contributed by atoms with van der Waals surface area (Å²) in [5.41, 5.74) is 5.91. The van der Waals surface area contributed by atoms with E-state index < -0.39 is 0 Å². The minimum atomic E-state index is -0.358. The number of unbranched alkanes of at least 4 members (excludes halogenated alkanes) is 2. The zero-order valence-corrected chi connectivity index (χ0v) is 16.6. The second-order valence-corrected chi connectivity index (χ2v) is 7.00. The minimum Gasteiger partial charge on any atom is -0.332 e. The summed E-state index contributed by atoms with van der Waals surface area (Å²) in [6.45, 7) is 0.491. The number of hydrogen-bond acceptors (Lipinski definition) is 4. The second-order valence-electron chi connectivity index (χ2n) is 6.61. The van der Waals surface area contributed by atoms with Gasteiger partial charge in [0, 0.05) is 18.5 Å². The number of rotatable bonds is 7. The molecule has 3 N–H and O–H groups in total. The molecular formula is C21H22N4O3S. The van der Waals surface area contributed by atoms with Gasteiger partial charge in [0.1, 0.15) is 0 Å². The average Bonchev–Trinajstić information content (AvgIpc) is 2.74. The quantitative estimate of drug-likeness (QED) is 0.317. The van der Waals surface area contributed by atoms with Crippen LogP contribution in [0, 0.1) is 4.77 Å². The number of para-hydroxylation sites is 1. The van der Waals surface area contributed by atoms with Crippen molar-refractivity contribution in [3.05, 3.63) is 75.3 Å². The van der Waals surface area contributed by atoms with Gasteiger partial charge in [-0.2, -0.15) is 0 Å². The molecule has 3 aromatic rings. The highest BCUT2D eigenvalue weighted by atomic mass is 32.1. The number of H-pyrrole nitrogens is 1. The van der Waals surface area contributed by atoms with Crippen LogP contribution in [0.5, 0.6) is 0 Å². The number of benzene rings is 2. The first-order valence-electron chi connectivity index (χ1n) is 9.42. The van der Waals surface area contributed by atoms with Crippen molar-refractivity contribution in [2.24, 2.45) is 0 Å². The van der Waals surface area contributed by atoms with Crippen molar-refractivity contribution >= 4 is 34.9 Å². The monoisotopic (exact) mass is 410 g/mol. The fraction of sp³-hybridized carbons (Fsp3) is 0.238. The van der Waals surface area contributed by atoms with Gasteiger partial charge in [-0.3, -0.25) is 29.8 Å². The number of hydrazine groups is 1. The Morgan fingerprint density at radius 1 is 0.931 bits per heavy atom. The van der Waals surface area contributed by atoms with Crippen LogP contribution in [0.15, 0.2) is 59.4 Å². The number of carbonyl (C=O) groups is 2. The molecule has 8 heteroatoms. The van der Waals surface area contributed by atoms with Gasteiger partial charge in [-0.1, -0.05) is 36.8 Å². The molecule has 2 aromatic carbocycles. The van der Waals surface area contributed by atoms with Crippen LogP contribution in [0.4, 0.5) is 0 Å². The van der Waals surface area contributed by atoms with Gasteiger partial charge in [0.25, 0.3) is 11.5 Å². The summed E-state index contributed by atoms with van der Waals surface area (Å²) in [4.78, 5) is 39.4. The molecule has 0 fully saturated rings. The molecule has 7 nitrogen and oxygen atoms in total. The Bertz CT molecular complexity index is 1120. The molecule has 0 bridgehead atoms. The molecule has 0 saturated carbocycles. The van der Waals surface area contributed by atoms with Gasteiger partial charge in [0.2, 0.25) is 5.91 Å². The van der Waals surface area contributed by atoms with Gasteiger partial charge in [-0.25, -0.2) is 0 Å². The number of nitrogens with zero attached hydrogens (tertiary/aromatic N) is 1. The maximum Gasteiger partial charge on any atom is 0.269 e. The van der Waals surface area contributed by atoms with Crippen molar-refractivity contribution in [2.45, 2.75) is 32.2 Å². The molecule has 0 aliphatic carbocycles. The molecule has 1 aromatic heterocycles. The van der Waals surface area contributed by atoms with Gasteiger partial charge in [-0.05, 0) is 49.3 Å². The van der Waals surface area contributed by atoms with Crippen LogP contribution >= 0.6 is 12.2 Å². The van der Waals surface area contributed by atoms with Gasteiger partial charge < -0.3 is 4.98 Å². The van der Waals surface area contributed by atoms with Crippen molar-refractivity contribution in [3.8, 4) is 0 Å². The lowest BCUT2D eigenvalue weighted by Crippen LogP contribution is -2.41. The number of nitrogens with one attached hydrogen (secondary N) is 3. The summed E-state index contributed by atoms with van der Waals surface area (Å²) in [6, 6.07) is 15.9. The number of aromatic amines is 1. The fourth-order valence-electron chi connectivity index (χ4n) is 2.98. The average molecular weight is 410 g/mol. The Labute approximate surface area is 172 Å². The van der Waals surface area contributed by atoms with E-state index in [1.54, 1.807) is 34.9 Å². The zero-order chi connectivity index (χ0) is 20.6. The molecule has 0 atom stereocenters. The first-order chi connectivity index (χ1) is 14.1. The van der Waals surface area contributed by atoms with E-state index >= 15 is 0 Å². The van der Waals surface area contributed by atoms with Crippen LogP contribution in [-0.4, -0.2) is 21.4 Å². The molecule has 0 aliphatic heterocycles. The summed E-state index contributed by atoms with van der Waals surface area (Å²) in [6.07, 6.45) is 2.41. The van der Waals surface area contributed by atoms with Crippen molar-refractivity contribution in [1.29, 1.82) is 0 Å². The lowest BCUT2D eigenvalue weighted by molar-refractivity contribution is -0.122. The van der Waals surface area contributed by atoms with Crippen molar-refractivity contribution in [3.63, 3.8) is 0 Å². The lowest BCUT2D eigenvalue weighted by Gasteiger charge is -2.09. The largest absolute Gasteiger partial charge is 0.332 e. The summed E-state index contributed by atoms with van der Waals surface area (Å²) in [5, 5.41) is 0.606. The third-order valence-electron chi connectivity index (χ3n) is 4.53. The molecule has 1 heterocycles. The van der Waals surface area contributed by atoms with Crippen LogP contribution < -0.4 is 16.4 Å². The van der Waals surface area contributed by atoms with E-state index in [0.29, 0.717) is 28.7 Å². The topological polar surface area (TPSA) is 96.0 Å². The number of amides is 2. The Kier molecular flexibility index (Phi) is 6.91. The number of aromatic nitrogens is 2. The molecule has 0 saturated heterocycles. The highest BCUT2D eigenvalue weighted by molar-refractivity contribution is 7.71. The van der Waals surface area contributed by atoms with E-state index in [9.17, 15) is 14.4 Å². The lowest BCUT2D eigenvalue weighted by atomic mass is 10.2. The first-order valence-corrected chi connectivity index (χ1v) is 9.83. The van der Waals surface area contributed by atoms with Crippen LogP contribution in [0.3, 0.4) is 0 Å². The van der Waals surface area contributed by atoms with E-state index in [-0.39, 0.29) is 23.8 Å². The molecule has 3 rings (SSSR count). The van der Waals surface area contributed by atoms with E-state index in [1.165, 1.54) is 0 Å². The maximum atomic E-state index is 12.6. The number of hydrogen-bond donors (Lipinski definition) is 3. The second kappa shape index (κ2) is 9.79. The maximum absolute atomic E-state index is 12.6. The molecule has 2 amide bonds. The highest BCUT2D eigenvalue weighted by Gasteiger charge is 2.07. The van der Waals surface area contributed by atoms with Crippen LogP contribution in [0.25, 0.3) is 10.9 Å². The predicted octanol–water partition coefficient (Wildman–Crippen LogP) is 3.08. The third kappa shape index (κ3) is 5.39. The van der Waals surface area contributed by atoms with E-state index in [0.717, 1.165) is 18.4 Å². The minimum absolute atomic E-state index is 0.106. The third-order valence-corrected chi connectivity index (χ3v) is 4.85. The smallest absolute Gasteiger partial charge is 0.269 e. The van der Waals surface area contributed by atoms with Crippen molar-refractivity contribution in [1.82, 2.24) is 20.4 Å². The predicted molar refractivity (Wildman–Crippen MR) is 114 cm³/mol. The molecule has 0 aliphatic rings. The molecular weight excluding hydrogens is 388 g/mol. The molecule has 0 radical (unpaired) electrons. The Balaban J connectivity index is 1.41. The summed E-state index contributed by atoms with van der Waals surface area (Å²) in [5.74, 6) is -0.613. The number of carbonyl (C=O) groups excluding carboxylic acids is 2. The van der Waals surface area contributed by atoms with Crippen molar-refractivity contribution in [2.75, 3.05) is 0 Å². The van der Waals surface area contributed by atoms with E-state index in [4.69, 9.17) is 12.2 Å². The standard InChI is InChI=1S/C21H22N4O3S/c26-18(23-24-19(27)15-9-3-1-4-10-15)13-5-2-8-14-25-20(28)16-11-6-7-12-17(16)22-21(25)29/h1,3-4,6-7,9-12H,2,5,8,13-14H2,(H,22,29)(H,23,26)(H,24,27). The SMILES string of the molecule is O=C(CCCCCn1c(=S)[nH]c2ccccc2c1=O)NNC(=O)c1ccccc1. The molecule has 150 valence electrons. The van der Waals surface area contributed by atoms with Gasteiger partial charge >= 0.3 is 0 Å².